The van der Waals surface area contributed by atoms with Crippen LogP contribution >= 0.6 is 0 Å². The van der Waals surface area contributed by atoms with Crippen molar-refractivity contribution in [3.05, 3.63) is 42.0 Å². The van der Waals surface area contributed by atoms with Crippen LogP contribution in [0.15, 0.2) is 36.4 Å². The van der Waals surface area contributed by atoms with Gasteiger partial charge in [0.2, 0.25) is 5.91 Å². The molecular formula is C15H15N3O2. The second kappa shape index (κ2) is 4.85. The fourth-order valence-corrected chi connectivity index (χ4v) is 2.47. The number of carbonyl (C=O) groups is 2. The zero-order valence-electron chi connectivity index (χ0n) is 10.9. The van der Waals surface area contributed by atoms with Gasteiger partial charge in [-0.05, 0) is 29.0 Å². The third-order valence-electron chi connectivity index (χ3n) is 3.46. The number of nitrogen functional groups attached to an aromatic ring is 1. The van der Waals surface area contributed by atoms with Crippen LogP contribution in [0.25, 0.3) is 10.8 Å². The van der Waals surface area contributed by atoms with Gasteiger partial charge in [-0.1, -0.05) is 18.2 Å². The van der Waals surface area contributed by atoms with Crippen LogP contribution in [0.2, 0.25) is 0 Å². The molecule has 0 aromatic heterocycles. The maximum absolute atomic E-state index is 12.6. The third-order valence-corrected chi connectivity index (χ3v) is 3.46. The summed E-state index contributed by atoms with van der Waals surface area (Å²) in [6.07, 6.45) is 0. The van der Waals surface area contributed by atoms with Crippen LogP contribution in [0, 0.1) is 0 Å². The Morgan fingerprint density at radius 3 is 2.90 bits per heavy atom. The summed E-state index contributed by atoms with van der Waals surface area (Å²) in [5.74, 6) is -0.232. The van der Waals surface area contributed by atoms with Gasteiger partial charge in [0.15, 0.2) is 0 Å². The number of hydrogen-bond donors (Lipinski definition) is 2. The van der Waals surface area contributed by atoms with Crippen LogP contribution < -0.4 is 11.1 Å². The van der Waals surface area contributed by atoms with Crippen molar-refractivity contribution in [3.63, 3.8) is 0 Å². The lowest BCUT2D eigenvalue weighted by Crippen LogP contribution is -2.50. The van der Waals surface area contributed by atoms with Crippen molar-refractivity contribution in [2.45, 2.75) is 0 Å². The average molecular weight is 269 g/mol. The summed E-state index contributed by atoms with van der Waals surface area (Å²) in [6, 6.07) is 11.0. The topological polar surface area (TPSA) is 75.4 Å². The van der Waals surface area contributed by atoms with E-state index in [-0.39, 0.29) is 18.4 Å². The molecule has 1 aliphatic rings. The monoisotopic (exact) mass is 269 g/mol. The third kappa shape index (κ3) is 2.18. The Hall–Kier alpha value is -2.56. The fourth-order valence-electron chi connectivity index (χ4n) is 2.47. The van der Waals surface area contributed by atoms with E-state index in [0.717, 1.165) is 10.8 Å². The van der Waals surface area contributed by atoms with E-state index in [4.69, 9.17) is 5.73 Å². The van der Waals surface area contributed by atoms with Gasteiger partial charge in [0, 0.05) is 24.3 Å². The minimum atomic E-state index is -0.117. The van der Waals surface area contributed by atoms with Gasteiger partial charge in [-0.3, -0.25) is 9.59 Å². The highest BCUT2D eigenvalue weighted by molar-refractivity contribution is 6.08. The quantitative estimate of drug-likeness (QED) is 0.758. The van der Waals surface area contributed by atoms with E-state index in [1.165, 1.54) is 0 Å². The molecule has 0 saturated carbocycles. The number of nitrogens with one attached hydrogen (secondary N) is 1. The number of piperazine rings is 1. The summed E-state index contributed by atoms with van der Waals surface area (Å²) >= 11 is 0. The SMILES string of the molecule is Nc1ccc2c(C(=O)N3CCNC(=O)C3)cccc2c1. The van der Waals surface area contributed by atoms with Crippen molar-refractivity contribution in [2.24, 2.45) is 0 Å². The van der Waals surface area contributed by atoms with Crippen molar-refractivity contribution in [3.8, 4) is 0 Å². The number of benzene rings is 2. The van der Waals surface area contributed by atoms with E-state index in [1.54, 1.807) is 17.0 Å². The fraction of sp³-hybridized carbons (Fsp3) is 0.200. The van der Waals surface area contributed by atoms with Crippen LogP contribution in [0.4, 0.5) is 5.69 Å². The summed E-state index contributed by atoms with van der Waals surface area (Å²) in [5.41, 5.74) is 7.04. The van der Waals surface area contributed by atoms with Crippen molar-refractivity contribution in [1.82, 2.24) is 10.2 Å². The van der Waals surface area contributed by atoms with E-state index in [9.17, 15) is 9.59 Å². The van der Waals surface area contributed by atoms with Gasteiger partial charge < -0.3 is 16.0 Å². The Bertz CT molecular complexity index is 697. The Morgan fingerprint density at radius 2 is 2.10 bits per heavy atom. The molecule has 0 bridgehead atoms. The van der Waals surface area contributed by atoms with Crippen molar-refractivity contribution in [2.75, 3.05) is 25.4 Å². The molecule has 5 nitrogen and oxygen atoms in total. The van der Waals surface area contributed by atoms with E-state index in [0.29, 0.717) is 24.3 Å². The maximum Gasteiger partial charge on any atom is 0.255 e. The predicted octanol–water partition coefficient (Wildman–Crippen LogP) is 0.994. The molecule has 2 aromatic carbocycles. The zero-order chi connectivity index (χ0) is 14.1. The first kappa shape index (κ1) is 12.5. The Labute approximate surface area is 116 Å². The van der Waals surface area contributed by atoms with Gasteiger partial charge >= 0.3 is 0 Å². The van der Waals surface area contributed by atoms with E-state index < -0.39 is 0 Å². The standard InChI is InChI=1S/C15H15N3O2/c16-11-4-5-12-10(8-11)2-1-3-13(12)15(20)18-7-6-17-14(19)9-18/h1-5,8H,6-7,9,16H2,(H,17,19). The molecule has 102 valence electrons. The smallest absolute Gasteiger partial charge is 0.255 e. The summed E-state index contributed by atoms with van der Waals surface area (Å²) in [7, 11) is 0. The van der Waals surface area contributed by atoms with Crippen LogP contribution in [0.3, 0.4) is 0 Å². The zero-order valence-corrected chi connectivity index (χ0v) is 10.9. The van der Waals surface area contributed by atoms with Crippen LogP contribution in [0.1, 0.15) is 10.4 Å². The molecule has 0 aliphatic carbocycles. The number of anilines is 1. The molecule has 0 spiro atoms. The van der Waals surface area contributed by atoms with E-state index in [2.05, 4.69) is 5.32 Å². The van der Waals surface area contributed by atoms with Gasteiger partial charge in [0.05, 0.1) is 6.54 Å². The highest BCUT2D eigenvalue weighted by Gasteiger charge is 2.23. The molecule has 20 heavy (non-hydrogen) atoms. The minimum Gasteiger partial charge on any atom is -0.399 e. The maximum atomic E-state index is 12.6. The molecule has 2 aromatic rings. The molecule has 1 heterocycles. The summed E-state index contributed by atoms with van der Waals surface area (Å²) < 4.78 is 0. The van der Waals surface area contributed by atoms with Crippen LogP contribution in [0.5, 0.6) is 0 Å². The number of amides is 2. The molecule has 1 aliphatic heterocycles. The molecule has 3 N–H and O–H groups in total. The van der Waals surface area contributed by atoms with Crippen LogP contribution in [-0.4, -0.2) is 36.3 Å². The summed E-state index contributed by atoms with van der Waals surface area (Å²) in [6.45, 7) is 1.16. The number of hydrogen-bond acceptors (Lipinski definition) is 3. The normalized spacial score (nSPS) is 15.2. The lowest BCUT2D eigenvalue weighted by Gasteiger charge is -2.27. The first-order valence-corrected chi connectivity index (χ1v) is 6.49. The lowest BCUT2D eigenvalue weighted by atomic mass is 10.0. The molecular weight excluding hydrogens is 254 g/mol. The molecule has 0 unspecified atom stereocenters. The molecule has 0 radical (unpaired) electrons. The molecule has 0 atom stereocenters. The minimum absolute atomic E-state index is 0.115. The largest absolute Gasteiger partial charge is 0.399 e. The average Bonchev–Trinajstić information content (AvgIpc) is 2.45. The first-order chi connectivity index (χ1) is 9.65. The van der Waals surface area contributed by atoms with Gasteiger partial charge in [-0.25, -0.2) is 0 Å². The highest BCUT2D eigenvalue weighted by Crippen LogP contribution is 2.22. The second-order valence-electron chi connectivity index (χ2n) is 4.86. The number of carbonyl (C=O) groups excluding carboxylic acids is 2. The van der Waals surface area contributed by atoms with E-state index in [1.807, 2.05) is 24.3 Å². The number of fused-ring (bicyclic) bond motifs is 1. The molecule has 1 saturated heterocycles. The molecule has 2 amide bonds. The van der Waals surface area contributed by atoms with Crippen LogP contribution in [-0.2, 0) is 4.79 Å². The Kier molecular flexibility index (Phi) is 3.02. The molecule has 3 rings (SSSR count). The molecule has 5 heteroatoms. The summed E-state index contributed by atoms with van der Waals surface area (Å²) in [4.78, 5) is 25.5. The van der Waals surface area contributed by atoms with E-state index >= 15 is 0 Å². The van der Waals surface area contributed by atoms with Gasteiger partial charge in [0.25, 0.3) is 5.91 Å². The molecule has 1 fully saturated rings. The predicted molar refractivity (Wildman–Crippen MR) is 77.3 cm³/mol. The van der Waals surface area contributed by atoms with Gasteiger partial charge in [-0.15, -0.1) is 0 Å². The van der Waals surface area contributed by atoms with Crippen molar-refractivity contribution >= 4 is 28.3 Å². The lowest BCUT2D eigenvalue weighted by molar-refractivity contribution is -0.123. The van der Waals surface area contributed by atoms with Gasteiger partial charge in [-0.2, -0.15) is 0 Å². The van der Waals surface area contributed by atoms with Crippen molar-refractivity contribution in [1.29, 1.82) is 0 Å². The van der Waals surface area contributed by atoms with Gasteiger partial charge in [0.1, 0.15) is 0 Å². The number of nitrogens with zero attached hydrogens (tertiary/aromatic N) is 1. The second-order valence-corrected chi connectivity index (χ2v) is 4.86. The van der Waals surface area contributed by atoms with Crippen molar-refractivity contribution < 1.29 is 9.59 Å². The Morgan fingerprint density at radius 1 is 1.25 bits per heavy atom. The summed E-state index contributed by atoms with van der Waals surface area (Å²) in [5, 5.41) is 4.50. The number of rotatable bonds is 1. The first-order valence-electron chi connectivity index (χ1n) is 6.49. The number of nitrogens with two attached hydrogens (primary N) is 1. The highest BCUT2D eigenvalue weighted by atomic mass is 16.2. The Balaban J connectivity index is 2.01.